The second kappa shape index (κ2) is 10.0. The lowest BCUT2D eigenvalue weighted by Gasteiger charge is -2.05. The number of ether oxygens (including phenoxy) is 1. The summed E-state index contributed by atoms with van der Waals surface area (Å²) in [7, 11) is 0. The summed E-state index contributed by atoms with van der Waals surface area (Å²) in [6, 6.07) is 22.1. The zero-order valence-electron chi connectivity index (χ0n) is 17.3. The lowest BCUT2D eigenvalue weighted by Crippen LogP contribution is -2.26. The third-order valence-electron chi connectivity index (χ3n) is 4.77. The van der Waals surface area contributed by atoms with Gasteiger partial charge in [-0.05, 0) is 37.0 Å². The maximum absolute atomic E-state index is 12.1. The summed E-state index contributed by atoms with van der Waals surface area (Å²) in [4.78, 5) is 16.7. The average Bonchev–Trinajstić information content (AvgIpc) is 3.41. The third-order valence-corrected chi connectivity index (χ3v) is 5.83. The van der Waals surface area contributed by atoms with Gasteiger partial charge in [0, 0.05) is 19.3 Å². The number of aryl methyl sites for hydroxylation is 3. The molecule has 0 aliphatic heterocycles. The Morgan fingerprint density at radius 3 is 2.48 bits per heavy atom. The van der Waals surface area contributed by atoms with Gasteiger partial charge in [-0.1, -0.05) is 72.0 Å². The SMILES string of the molecule is Cc1nc(-c2ccn(CCCc3ccccc3)n2)sc1OC(=O)NCc1ccccc1. The van der Waals surface area contributed by atoms with E-state index in [0.29, 0.717) is 17.3 Å². The van der Waals surface area contributed by atoms with Gasteiger partial charge in [-0.25, -0.2) is 9.78 Å². The molecule has 0 aliphatic carbocycles. The molecule has 31 heavy (non-hydrogen) atoms. The van der Waals surface area contributed by atoms with E-state index in [1.807, 2.05) is 60.3 Å². The van der Waals surface area contributed by atoms with Gasteiger partial charge in [0.05, 0.1) is 5.69 Å². The fraction of sp³-hybridized carbons (Fsp3) is 0.208. The highest BCUT2D eigenvalue weighted by Gasteiger charge is 2.15. The van der Waals surface area contributed by atoms with Crippen LogP contribution in [-0.4, -0.2) is 20.9 Å². The molecule has 4 aromatic rings. The van der Waals surface area contributed by atoms with Gasteiger partial charge in [0.2, 0.25) is 5.06 Å². The second-order valence-corrected chi connectivity index (χ2v) is 8.14. The Labute approximate surface area is 185 Å². The maximum atomic E-state index is 12.1. The van der Waals surface area contributed by atoms with Crippen molar-refractivity contribution in [2.24, 2.45) is 0 Å². The first kappa shape index (κ1) is 20.8. The van der Waals surface area contributed by atoms with Gasteiger partial charge in [-0.2, -0.15) is 5.10 Å². The number of rotatable bonds is 8. The maximum Gasteiger partial charge on any atom is 0.413 e. The summed E-state index contributed by atoms with van der Waals surface area (Å²) < 4.78 is 7.39. The number of nitrogens with one attached hydrogen (secondary N) is 1. The molecule has 0 unspecified atom stereocenters. The molecule has 158 valence electrons. The molecule has 0 atom stereocenters. The molecule has 0 radical (unpaired) electrons. The first-order chi connectivity index (χ1) is 15.2. The minimum atomic E-state index is -0.492. The summed E-state index contributed by atoms with van der Waals surface area (Å²) in [5.41, 5.74) is 3.80. The highest BCUT2D eigenvalue weighted by atomic mass is 32.1. The normalized spacial score (nSPS) is 10.7. The monoisotopic (exact) mass is 432 g/mol. The number of thiazole rings is 1. The van der Waals surface area contributed by atoms with E-state index >= 15 is 0 Å². The van der Waals surface area contributed by atoms with Gasteiger partial charge in [0.15, 0.2) is 0 Å². The number of amides is 1. The molecule has 7 heteroatoms. The van der Waals surface area contributed by atoms with E-state index < -0.39 is 6.09 Å². The van der Waals surface area contributed by atoms with Crippen molar-refractivity contribution in [1.29, 1.82) is 0 Å². The minimum absolute atomic E-state index is 0.414. The fourth-order valence-corrected chi connectivity index (χ4v) is 4.05. The van der Waals surface area contributed by atoms with Gasteiger partial charge >= 0.3 is 6.09 Å². The van der Waals surface area contributed by atoms with E-state index in [-0.39, 0.29) is 0 Å². The summed E-state index contributed by atoms with van der Waals surface area (Å²) in [6.07, 6.45) is 3.50. The van der Waals surface area contributed by atoms with Crippen molar-refractivity contribution >= 4 is 17.4 Å². The molecule has 6 nitrogen and oxygen atoms in total. The van der Waals surface area contributed by atoms with Gasteiger partial charge in [-0.3, -0.25) is 4.68 Å². The zero-order chi connectivity index (χ0) is 21.5. The molecule has 0 spiro atoms. The Morgan fingerprint density at radius 2 is 1.74 bits per heavy atom. The van der Waals surface area contributed by atoms with Gasteiger partial charge in [0.25, 0.3) is 0 Å². The first-order valence-corrected chi connectivity index (χ1v) is 11.0. The fourth-order valence-electron chi connectivity index (χ4n) is 3.17. The van der Waals surface area contributed by atoms with Crippen LogP contribution < -0.4 is 10.1 Å². The van der Waals surface area contributed by atoms with E-state index in [4.69, 9.17) is 4.74 Å². The molecule has 0 saturated carbocycles. The Kier molecular flexibility index (Phi) is 6.74. The highest BCUT2D eigenvalue weighted by molar-refractivity contribution is 7.17. The molecular formula is C24H24N4O2S. The van der Waals surface area contributed by atoms with E-state index in [2.05, 4.69) is 39.7 Å². The van der Waals surface area contributed by atoms with E-state index in [1.165, 1.54) is 16.9 Å². The number of hydrogen-bond acceptors (Lipinski definition) is 5. The van der Waals surface area contributed by atoms with Crippen LogP contribution in [0.1, 0.15) is 23.2 Å². The minimum Gasteiger partial charge on any atom is -0.397 e. The average molecular weight is 433 g/mol. The summed E-state index contributed by atoms with van der Waals surface area (Å²) in [6.45, 7) is 3.08. The van der Waals surface area contributed by atoms with Crippen LogP contribution in [0.15, 0.2) is 72.9 Å². The van der Waals surface area contributed by atoms with Gasteiger partial charge < -0.3 is 10.1 Å². The molecule has 0 aliphatic rings. The lowest BCUT2D eigenvalue weighted by molar-refractivity contribution is 0.201. The molecule has 0 bridgehead atoms. The van der Waals surface area contributed by atoms with Crippen molar-refractivity contribution in [2.75, 3.05) is 0 Å². The van der Waals surface area contributed by atoms with Crippen molar-refractivity contribution in [3.63, 3.8) is 0 Å². The highest BCUT2D eigenvalue weighted by Crippen LogP contribution is 2.32. The van der Waals surface area contributed by atoms with Crippen molar-refractivity contribution in [2.45, 2.75) is 32.9 Å². The Bertz CT molecular complexity index is 1120. The van der Waals surface area contributed by atoms with Crippen molar-refractivity contribution < 1.29 is 9.53 Å². The predicted octanol–water partition coefficient (Wildman–Crippen LogP) is 5.24. The van der Waals surface area contributed by atoms with Crippen LogP contribution in [0.3, 0.4) is 0 Å². The van der Waals surface area contributed by atoms with Crippen LogP contribution in [0.5, 0.6) is 5.06 Å². The lowest BCUT2D eigenvalue weighted by atomic mass is 10.1. The van der Waals surface area contributed by atoms with E-state index in [1.54, 1.807) is 0 Å². The van der Waals surface area contributed by atoms with E-state index in [9.17, 15) is 4.79 Å². The smallest absolute Gasteiger partial charge is 0.397 e. The van der Waals surface area contributed by atoms with Crippen LogP contribution in [0, 0.1) is 6.92 Å². The summed E-state index contributed by atoms with van der Waals surface area (Å²) in [5.74, 6) is 0. The largest absolute Gasteiger partial charge is 0.413 e. The Hall–Kier alpha value is -3.45. The summed E-state index contributed by atoms with van der Waals surface area (Å²) >= 11 is 1.33. The molecule has 2 aromatic heterocycles. The second-order valence-electron chi connectivity index (χ2n) is 7.17. The zero-order valence-corrected chi connectivity index (χ0v) is 18.1. The van der Waals surface area contributed by atoms with Crippen LogP contribution >= 0.6 is 11.3 Å². The number of hydrogen-bond donors (Lipinski definition) is 1. The standard InChI is InChI=1S/C24H24N4O2S/c1-18-23(30-24(29)25-17-20-11-6-3-7-12-20)31-22(26-18)21-14-16-28(27-21)15-8-13-19-9-4-2-5-10-19/h2-7,9-12,14,16H,8,13,15,17H2,1H3,(H,25,29). The number of nitrogens with zero attached hydrogens (tertiary/aromatic N) is 3. The third kappa shape index (κ3) is 5.79. The number of carbonyl (C=O) groups is 1. The predicted molar refractivity (Wildman–Crippen MR) is 122 cm³/mol. The molecule has 2 aromatic carbocycles. The van der Waals surface area contributed by atoms with Gasteiger partial charge in [-0.15, -0.1) is 0 Å². The van der Waals surface area contributed by atoms with Crippen molar-refractivity contribution in [3.8, 4) is 15.8 Å². The molecule has 0 saturated heterocycles. The van der Waals surface area contributed by atoms with Crippen LogP contribution in [0.2, 0.25) is 0 Å². The van der Waals surface area contributed by atoms with Gasteiger partial charge in [0.1, 0.15) is 10.7 Å². The first-order valence-electron chi connectivity index (χ1n) is 10.2. The summed E-state index contributed by atoms with van der Waals surface area (Å²) in [5, 5.41) is 8.62. The van der Waals surface area contributed by atoms with E-state index in [0.717, 1.165) is 35.7 Å². The molecule has 4 rings (SSSR count). The number of aromatic nitrogens is 3. The quantitative estimate of drug-likeness (QED) is 0.414. The number of carbonyl (C=O) groups excluding carboxylic acids is 1. The molecule has 1 N–H and O–H groups in total. The topological polar surface area (TPSA) is 69.0 Å². The number of benzene rings is 2. The van der Waals surface area contributed by atoms with Crippen molar-refractivity contribution in [1.82, 2.24) is 20.1 Å². The molecule has 1 amide bonds. The Morgan fingerprint density at radius 1 is 1.03 bits per heavy atom. The van der Waals surface area contributed by atoms with Crippen LogP contribution in [0.25, 0.3) is 10.7 Å². The van der Waals surface area contributed by atoms with Crippen molar-refractivity contribution in [3.05, 3.63) is 89.7 Å². The molecule has 0 fully saturated rings. The van der Waals surface area contributed by atoms with Crippen LogP contribution in [-0.2, 0) is 19.5 Å². The van der Waals surface area contributed by atoms with Crippen LogP contribution in [0.4, 0.5) is 4.79 Å². The molecule has 2 heterocycles. The molecular weight excluding hydrogens is 408 g/mol. The Balaban J connectivity index is 1.31.